The fourth-order valence-corrected chi connectivity index (χ4v) is 2.37. The molecular formula is C16H24O3. The van der Waals surface area contributed by atoms with Gasteiger partial charge in [-0.1, -0.05) is 39.8 Å². The van der Waals surface area contributed by atoms with Gasteiger partial charge < -0.3 is 4.74 Å². The number of carbonyl (C=O) groups is 2. The molecule has 0 aliphatic rings. The lowest BCUT2D eigenvalue weighted by atomic mass is 9.78. The number of rotatable bonds is 5. The van der Waals surface area contributed by atoms with Gasteiger partial charge in [-0.15, -0.1) is 0 Å². The number of benzene rings is 1. The highest BCUT2D eigenvalue weighted by molar-refractivity contribution is 5.77. The van der Waals surface area contributed by atoms with Crippen LogP contribution in [-0.4, -0.2) is 12.3 Å². The van der Waals surface area contributed by atoms with E-state index in [-0.39, 0.29) is 11.2 Å². The Morgan fingerprint density at radius 1 is 1.32 bits per heavy atom. The lowest BCUT2D eigenvalue weighted by Crippen LogP contribution is -2.23. The minimum absolute atomic E-state index is 0.121. The van der Waals surface area contributed by atoms with Crippen LogP contribution >= 0.6 is 0 Å². The van der Waals surface area contributed by atoms with Crippen molar-refractivity contribution in [2.24, 2.45) is 0 Å². The van der Waals surface area contributed by atoms with Crippen molar-refractivity contribution in [3.63, 3.8) is 0 Å². The summed E-state index contributed by atoms with van der Waals surface area (Å²) < 4.78 is 4.99. The smallest absolute Gasteiger partial charge is 0.298 e. The van der Waals surface area contributed by atoms with E-state index in [0.717, 1.165) is 11.1 Å². The number of ether oxygens (including phenoxy) is 1. The molecule has 106 valence electrons. The first-order valence-electron chi connectivity index (χ1n) is 6.58. The third-order valence-corrected chi connectivity index (χ3v) is 2.78. The summed E-state index contributed by atoms with van der Waals surface area (Å²) in [7, 11) is 0. The third kappa shape index (κ3) is 4.86. The topological polar surface area (TPSA) is 43.4 Å². The van der Waals surface area contributed by atoms with Crippen LogP contribution in [0.15, 0.2) is 18.2 Å². The van der Waals surface area contributed by atoms with Crippen LogP contribution < -0.4 is 4.74 Å². The molecule has 0 fully saturated rings. The van der Waals surface area contributed by atoms with E-state index in [9.17, 15) is 9.59 Å². The summed E-state index contributed by atoms with van der Waals surface area (Å²) in [6, 6.07) is 5.54. The summed E-state index contributed by atoms with van der Waals surface area (Å²) >= 11 is 0. The van der Waals surface area contributed by atoms with Crippen molar-refractivity contribution in [2.75, 3.05) is 0 Å². The van der Waals surface area contributed by atoms with Crippen LogP contribution in [0.25, 0.3) is 0 Å². The molecule has 0 aliphatic carbocycles. The lowest BCUT2D eigenvalue weighted by Gasteiger charge is -2.27. The van der Waals surface area contributed by atoms with Crippen molar-refractivity contribution in [1.29, 1.82) is 0 Å². The zero-order valence-corrected chi connectivity index (χ0v) is 12.7. The Labute approximate surface area is 116 Å². The average Bonchev–Trinajstić information content (AvgIpc) is 2.30. The fraction of sp³-hybridized carbons (Fsp3) is 0.500. The molecule has 0 heterocycles. The second-order valence-corrected chi connectivity index (χ2v) is 4.92. The molecule has 0 aromatic heterocycles. The first kappa shape index (κ1) is 17.4. The van der Waals surface area contributed by atoms with Crippen molar-refractivity contribution in [1.82, 2.24) is 0 Å². The summed E-state index contributed by atoms with van der Waals surface area (Å²) in [6.07, 6.45) is 0.424. The number of hydrogen-bond acceptors (Lipinski definition) is 3. The monoisotopic (exact) mass is 264 g/mol. The van der Waals surface area contributed by atoms with Gasteiger partial charge in [0.15, 0.2) is 0 Å². The zero-order valence-electron chi connectivity index (χ0n) is 12.7. The largest absolute Gasteiger partial charge is 0.428 e. The minimum atomic E-state index is -0.338. The Morgan fingerprint density at radius 2 is 1.89 bits per heavy atom. The van der Waals surface area contributed by atoms with Gasteiger partial charge in [0.1, 0.15) is 11.5 Å². The molecule has 0 saturated carbocycles. The van der Waals surface area contributed by atoms with Crippen LogP contribution in [0, 0.1) is 6.92 Å². The van der Waals surface area contributed by atoms with E-state index in [1.54, 1.807) is 13.0 Å². The Balaban J connectivity index is 0.00000154. The second kappa shape index (κ2) is 7.72. The van der Waals surface area contributed by atoms with Crippen LogP contribution in [0.4, 0.5) is 0 Å². The maximum atomic E-state index is 11.3. The average molecular weight is 264 g/mol. The van der Waals surface area contributed by atoms with Gasteiger partial charge in [-0.05, 0) is 25.5 Å². The molecule has 1 aromatic rings. The Hall–Kier alpha value is -1.64. The number of ketones is 1. The van der Waals surface area contributed by atoms with Gasteiger partial charge >= 0.3 is 0 Å². The second-order valence-electron chi connectivity index (χ2n) is 4.92. The summed E-state index contributed by atoms with van der Waals surface area (Å²) in [5.74, 6) is 0.654. The van der Waals surface area contributed by atoms with E-state index in [4.69, 9.17) is 4.74 Å². The van der Waals surface area contributed by atoms with E-state index < -0.39 is 0 Å². The van der Waals surface area contributed by atoms with Crippen LogP contribution in [0.1, 0.15) is 52.2 Å². The van der Waals surface area contributed by atoms with Gasteiger partial charge in [0.2, 0.25) is 0 Å². The molecule has 0 N–H and O–H groups in total. The van der Waals surface area contributed by atoms with Crippen LogP contribution in [-0.2, 0) is 15.0 Å². The molecule has 0 atom stereocenters. The molecule has 0 unspecified atom stereocenters. The van der Waals surface area contributed by atoms with Crippen LogP contribution in [0.2, 0.25) is 0 Å². The van der Waals surface area contributed by atoms with Crippen molar-refractivity contribution >= 4 is 12.3 Å². The Bertz CT molecular complexity index is 434. The van der Waals surface area contributed by atoms with Crippen LogP contribution in [0.5, 0.6) is 5.75 Å². The van der Waals surface area contributed by atoms with E-state index in [0.29, 0.717) is 18.6 Å². The molecule has 0 bridgehead atoms. The molecule has 0 radical (unpaired) electrons. The van der Waals surface area contributed by atoms with Gasteiger partial charge in [0, 0.05) is 17.4 Å². The molecule has 1 aromatic carbocycles. The normalized spacial score (nSPS) is 10.2. The molecule has 0 amide bonds. The molecule has 3 nitrogen and oxygen atoms in total. The Morgan fingerprint density at radius 3 is 2.37 bits per heavy atom. The molecule has 0 aliphatic heterocycles. The summed E-state index contributed by atoms with van der Waals surface area (Å²) in [5, 5.41) is 0. The number of hydrogen-bond donors (Lipinski definition) is 0. The predicted molar refractivity (Wildman–Crippen MR) is 77.5 cm³/mol. The third-order valence-electron chi connectivity index (χ3n) is 2.78. The standard InChI is InChI=1S/C14H18O3.C2H6/c1-10-6-5-7-12(17-9-15)13(10)14(3,4)8-11(2)16;1-2/h5-7,9H,8H2,1-4H3;1-2H3. The molecule has 0 spiro atoms. The summed E-state index contributed by atoms with van der Waals surface area (Å²) in [4.78, 5) is 21.8. The first-order chi connectivity index (χ1) is 8.88. The summed E-state index contributed by atoms with van der Waals surface area (Å²) in [5.41, 5.74) is 1.60. The predicted octanol–water partition coefficient (Wildman–Crippen LogP) is 3.81. The molecule has 3 heteroatoms. The fourth-order valence-electron chi connectivity index (χ4n) is 2.37. The quantitative estimate of drug-likeness (QED) is 0.759. The van der Waals surface area contributed by atoms with E-state index in [1.165, 1.54) is 0 Å². The summed E-state index contributed by atoms with van der Waals surface area (Å²) in [6.45, 7) is 11.9. The van der Waals surface area contributed by atoms with Crippen molar-refractivity contribution in [3.05, 3.63) is 29.3 Å². The number of Topliss-reactive ketones (excluding diaryl/α,β-unsaturated/α-hetero) is 1. The molecular weight excluding hydrogens is 240 g/mol. The van der Waals surface area contributed by atoms with E-state index in [1.807, 2.05) is 46.8 Å². The van der Waals surface area contributed by atoms with Gasteiger partial charge in [-0.25, -0.2) is 0 Å². The maximum Gasteiger partial charge on any atom is 0.298 e. The van der Waals surface area contributed by atoms with Gasteiger partial charge in [0.25, 0.3) is 6.47 Å². The SMILES string of the molecule is CC.CC(=O)CC(C)(C)c1c(C)cccc1OC=O. The van der Waals surface area contributed by atoms with Gasteiger partial charge in [-0.2, -0.15) is 0 Å². The molecule has 1 rings (SSSR count). The maximum absolute atomic E-state index is 11.3. The van der Waals surface area contributed by atoms with Gasteiger partial charge in [0.05, 0.1) is 0 Å². The molecule has 19 heavy (non-hydrogen) atoms. The lowest BCUT2D eigenvalue weighted by molar-refractivity contribution is -0.120. The van der Waals surface area contributed by atoms with Crippen molar-refractivity contribution in [2.45, 2.75) is 53.4 Å². The highest BCUT2D eigenvalue weighted by atomic mass is 16.5. The zero-order chi connectivity index (χ0) is 15.1. The molecule has 0 saturated heterocycles. The van der Waals surface area contributed by atoms with Crippen molar-refractivity contribution < 1.29 is 14.3 Å². The Kier molecular flexibility index (Phi) is 7.05. The van der Waals surface area contributed by atoms with Gasteiger partial charge in [-0.3, -0.25) is 9.59 Å². The van der Waals surface area contributed by atoms with Crippen LogP contribution in [0.3, 0.4) is 0 Å². The number of carbonyl (C=O) groups excluding carboxylic acids is 2. The number of aryl methyl sites for hydroxylation is 1. The van der Waals surface area contributed by atoms with E-state index >= 15 is 0 Å². The minimum Gasteiger partial charge on any atom is -0.428 e. The van der Waals surface area contributed by atoms with Crippen molar-refractivity contribution in [3.8, 4) is 5.75 Å². The highest BCUT2D eigenvalue weighted by Gasteiger charge is 2.27. The first-order valence-corrected chi connectivity index (χ1v) is 6.58. The van der Waals surface area contributed by atoms with E-state index in [2.05, 4.69) is 0 Å². The highest BCUT2D eigenvalue weighted by Crippen LogP contribution is 2.36.